The van der Waals surface area contributed by atoms with Crippen molar-refractivity contribution in [3.05, 3.63) is 59.7 Å². The van der Waals surface area contributed by atoms with Gasteiger partial charge in [0.2, 0.25) is 0 Å². The lowest BCUT2D eigenvalue weighted by Crippen LogP contribution is -2.12. The molecule has 116 valence electrons. The molecular formula is C17H15N3O2S. The van der Waals surface area contributed by atoms with E-state index in [1.807, 2.05) is 49.6 Å². The second-order valence-corrected chi connectivity index (χ2v) is 5.78. The monoisotopic (exact) mass is 325 g/mol. The average Bonchev–Trinajstić information content (AvgIpc) is 3.03. The van der Waals surface area contributed by atoms with Gasteiger partial charge in [0.25, 0.3) is 11.8 Å². The fourth-order valence-electron chi connectivity index (χ4n) is 2.16. The summed E-state index contributed by atoms with van der Waals surface area (Å²) in [6.45, 7) is 1.93. The summed E-state index contributed by atoms with van der Waals surface area (Å²) in [5.41, 5.74) is 2.41. The molecule has 2 aromatic carbocycles. The molecule has 0 spiro atoms. The molecule has 3 rings (SSSR count). The third-order valence-corrected chi connectivity index (χ3v) is 4.06. The van der Waals surface area contributed by atoms with Crippen molar-refractivity contribution in [1.29, 1.82) is 0 Å². The fourth-order valence-corrected chi connectivity index (χ4v) is 2.75. The Bertz CT molecular complexity index is 845. The van der Waals surface area contributed by atoms with Crippen LogP contribution in [0.5, 0.6) is 0 Å². The van der Waals surface area contributed by atoms with E-state index in [9.17, 15) is 4.79 Å². The molecule has 23 heavy (non-hydrogen) atoms. The molecule has 0 aliphatic rings. The number of carbonyl (C=O) groups is 1. The summed E-state index contributed by atoms with van der Waals surface area (Å²) in [6, 6.07) is 15.1. The molecule has 3 aromatic rings. The molecule has 0 saturated heterocycles. The standard InChI is InChI=1S/C17H15N3O2S/c1-11-6-5-7-12(10-11)15(21)18-17-20-19-16(22-17)13-8-3-4-9-14(13)23-2/h3-10H,1-2H3,(H,18,20,21). The van der Waals surface area contributed by atoms with Crippen molar-refractivity contribution in [3.63, 3.8) is 0 Å². The summed E-state index contributed by atoms with van der Waals surface area (Å²) in [5.74, 6) is 0.108. The summed E-state index contributed by atoms with van der Waals surface area (Å²) in [5, 5.41) is 10.5. The van der Waals surface area contributed by atoms with E-state index in [0.29, 0.717) is 11.5 Å². The molecule has 1 N–H and O–H groups in total. The van der Waals surface area contributed by atoms with Crippen LogP contribution in [0.3, 0.4) is 0 Å². The normalized spacial score (nSPS) is 10.5. The number of nitrogens with one attached hydrogen (secondary N) is 1. The first kappa shape index (κ1) is 15.3. The van der Waals surface area contributed by atoms with Crippen LogP contribution in [-0.4, -0.2) is 22.4 Å². The van der Waals surface area contributed by atoms with Gasteiger partial charge < -0.3 is 4.42 Å². The van der Waals surface area contributed by atoms with Gasteiger partial charge in [0.05, 0.1) is 5.56 Å². The maximum absolute atomic E-state index is 12.2. The maximum Gasteiger partial charge on any atom is 0.322 e. The highest BCUT2D eigenvalue weighted by Crippen LogP contribution is 2.29. The number of anilines is 1. The Morgan fingerprint density at radius 3 is 2.74 bits per heavy atom. The largest absolute Gasteiger partial charge is 0.403 e. The number of hydrogen-bond acceptors (Lipinski definition) is 5. The lowest BCUT2D eigenvalue weighted by molar-refractivity contribution is 0.102. The van der Waals surface area contributed by atoms with Crippen LogP contribution in [0.2, 0.25) is 0 Å². The van der Waals surface area contributed by atoms with Crippen LogP contribution in [0.25, 0.3) is 11.5 Å². The van der Waals surface area contributed by atoms with Crippen molar-refractivity contribution in [2.24, 2.45) is 0 Å². The summed E-state index contributed by atoms with van der Waals surface area (Å²) < 4.78 is 5.57. The fraction of sp³-hybridized carbons (Fsp3) is 0.118. The Balaban J connectivity index is 1.81. The maximum atomic E-state index is 12.2. The van der Waals surface area contributed by atoms with E-state index in [1.165, 1.54) is 0 Å². The minimum absolute atomic E-state index is 0.0856. The first-order chi connectivity index (χ1) is 11.2. The molecule has 0 fully saturated rings. The lowest BCUT2D eigenvalue weighted by Gasteiger charge is -2.02. The predicted octanol–water partition coefficient (Wildman–Crippen LogP) is 4.02. The number of aromatic nitrogens is 2. The molecule has 5 nitrogen and oxygen atoms in total. The second kappa shape index (κ2) is 6.66. The van der Waals surface area contributed by atoms with Gasteiger partial charge in [-0.25, -0.2) is 0 Å². The molecule has 6 heteroatoms. The van der Waals surface area contributed by atoms with E-state index in [4.69, 9.17) is 4.42 Å². The van der Waals surface area contributed by atoms with E-state index in [-0.39, 0.29) is 11.9 Å². The number of rotatable bonds is 4. The zero-order valence-electron chi connectivity index (χ0n) is 12.7. The first-order valence-corrected chi connectivity index (χ1v) is 8.25. The smallest absolute Gasteiger partial charge is 0.322 e. The highest BCUT2D eigenvalue weighted by atomic mass is 32.2. The molecule has 1 heterocycles. The molecule has 0 radical (unpaired) electrons. The van der Waals surface area contributed by atoms with Crippen LogP contribution in [0.1, 0.15) is 15.9 Å². The first-order valence-electron chi connectivity index (χ1n) is 7.02. The summed E-state index contributed by atoms with van der Waals surface area (Å²) in [6.07, 6.45) is 1.98. The van der Waals surface area contributed by atoms with Crippen molar-refractivity contribution in [3.8, 4) is 11.5 Å². The van der Waals surface area contributed by atoms with Gasteiger partial charge >= 0.3 is 6.01 Å². The number of aryl methyl sites for hydroxylation is 1. The molecule has 0 saturated carbocycles. The molecule has 1 aromatic heterocycles. The minimum Gasteiger partial charge on any atom is -0.403 e. The Morgan fingerprint density at radius 2 is 1.96 bits per heavy atom. The number of amides is 1. The second-order valence-electron chi connectivity index (χ2n) is 4.94. The third-order valence-electron chi connectivity index (χ3n) is 3.26. The SMILES string of the molecule is CSc1ccccc1-c1nnc(NC(=O)c2cccc(C)c2)o1. The predicted molar refractivity (Wildman–Crippen MR) is 90.6 cm³/mol. The Kier molecular flexibility index (Phi) is 4.43. The minimum atomic E-state index is -0.276. The number of carbonyl (C=O) groups excluding carboxylic acids is 1. The van der Waals surface area contributed by atoms with Gasteiger partial charge in [-0.3, -0.25) is 10.1 Å². The number of nitrogens with zero attached hydrogens (tertiary/aromatic N) is 2. The van der Waals surface area contributed by atoms with Gasteiger partial charge in [-0.2, -0.15) is 0 Å². The molecule has 0 atom stereocenters. The van der Waals surface area contributed by atoms with Crippen LogP contribution < -0.4 is 5.32 Å². The van der Waals surface area contributed by atoms with E-state index in [2.05, 4.69) is 15.5 Å². The molecular weight excluding hydrogens is 310 g/mol. The zero-order chi connectivity index (χ0) is 16.2. The third kappa shape index (κ3) is 3.43. The summed E-state index contributed by atoms with van der Waals surface area (Å²) >= 11 is 1.60. The molecule has 0 unspecified atom stereocenters. The highest BCUT2D eigenvalue weighted by Gasteiger charge is 2.14. The van der Waals surface area contributed by atoms with Gasteiger partial charge in [0.15, 0.2) is 0 Å². The van der Waals surface area contributed by atoms with Crippen molar-refractivity contribution in [1.82, 2.24) is 10.2 Å². The lowest BCUT2D eigenvalue weighted by atomic mass is 10.1. The Labute approximate surface area is 138 Å². The van der Waals surface area contributed by atoms with Crippen molar-refractivity contribution >= 4 is 23.7 Å². The van der Waals surface area contributed by atoms with Gasteiger partial charge in [-0.1, -0.05) is 34.9 Å². The average molecular weight is 325 g/mol. The Hall–Kier alpha value is -2.60. The van der Waals surface area contributed by atoms with E-state index < -0.39 is 0 Å². The summed E-state index contributed by atoms with van der Waals surface area (Å²) in [7, 11) is 0. The van der Waals surface area contributed by atoms with Crippen LogP contribution in [0.4, 0.5) is 6.01 Å². The van der Waals surface area contributed by atoms with Gasteiger partial charge in [-0.05, 0) is 37.4 Å². The molecule has 1 amide bonds. The highest BCUT2D eigenvalue weighted by molar-refractivity contribution is 7.98. The molecule has 0 aliphatic heterocycles. The number of thioether (sulfide) groups is 1. The topological polar surface area (TPSA) is 68.0 Å². The van der Waals surface area contributed by atoms with E-state index >= 15 is 0 Å². The van der Waals surface area contributed by atoms with Crippen molar-refractivity contribution in [2.75, 3.05) is 11.6 Å². The quantitative estimate of drug-likeness (QED) is 0.734. The van der Waals surface area contributed by atoms with E-state index in [1.54, 1.807) is 23.9 Å². The number of benzene rings is 2. The number of hydrogen-bond donors (Lipinski definition) is 1. The van der Waals surface area contributed by atoms with Gasteiger partial charge in [0, 0.05) is 10.5 Å². The van der Waals surface area contributed by atoms with E-state index in [0.717, 1.165) is 16.0 Å². The van der Waals surface area contributed by atoms with Gasteiger partial charge in [-0.15, -0.1) is 16.9 Å². The summed E-state index contributed by atoms with van der Waals surface area (Å²) in [4.78, 5) is 13.2. The van der Waals surface area contributed by atoms with Crippen LogP contribution in [0, 0.1) is 6.92 Å². The molecule has 0 aliphatic carbocycles. The van der Waals surface area contributed by atoms with Gasteiger partial charge in [0.1, 0.15) is 0 Å². The zero-order valence-corrected chi connectivity index (χ0v) is 13.6. The van der Waals surface area contributed by atoms with Crippen LogP contribution in [-0.2, 0) is 0 Å². The van der Waals surface area contributed by atoms with Crippen LogP contribution in [0.15, 0.2) is 57.8 Å². The Morgan fingerprint density at radius 1 is 1.13 bits per heavy atom. The van der Waals surface area contributed by atoms with Crippen LogP contribution >= 0.6 is 11.8 Å². The van der Waals surface area contributed by atoms with Crippen molar-refractivity contribution in [2.45, 2.75) is 11.8 Å². The molecule has 0 bridgehead atoms. The van der Waals surface area contributed by atoms with Crippen molar-refractivity contribution < 1.29 is 9.21 Å².